The van der Waals surface area contributed by atoms with Crippen LogP contribution in [0.15, 0.2) is 0 Å². The van der Waals surface area contributed by atoms with Gasteiger partial charge in [-0.1, -0.05) is 20.3 Å². The first-order valence-electron chi connectivity index (χ1n) is 6.85. The van der Waals surface area contributed by atoms with Crippen molar-refractivity contribution in [2.45, 2.75) is 45.3 Å². The van der Waals surface area contributed by atoms with Crippen molar-refractivity contribution in [1.29, 1.82) is 0 Å². The number of rotatable bonds is 6. The monoisotopic (exact) mass is 294 g/mol. The van der Waals surface area contributed by atoms with E-state index < -0.39 is 12.1 Å². The first-order chi connectivity index (χ1) is 8.56. The number of ether oxygens (including phenoxy) is 1. The molecule has 1 fully saturated rings. The number of carbonyl (C=O) groups excluding carboxylic acids is 1. The summed E-state index contributed by atoms with van der Waals surface area (Å²) in [7, 11) is 0. The van der Waals surface area contributed by atoms with Crippen LogP contribution in [-0.4, -0.2) is 42.9 Å². The van der Waals surface area contributed by atoms with E-state index in [1.165, 1.54) is 0 Å². The minimum absolute atomic E-state index is 0. The lowest BCUT2D eigenvalue weighted by atomic mass is 9.91. The molecule has 0 bridgehead atoms. The number of amides is 1. The number of nitrogens with one attached hydrogen (secondary N) is 1. The second-order valence-corrected chi connectivity index (χ2v) is 5.17. The molecule has 0 radical (unpaired) electrons. The molecular weight excluding hydrogens is 268 g/mol. The van der Waals surface area contributed by atoms with Gasteiger partial charge < -0.3 is 20.9 Å². The van der Waals surface area contributed by atoms with Gasteiger partial charge >= 0.3 is 0 Å². The standard InChI is InChI=1S/C13H26N2O3.ClH/c1-3-9(2)11(16)8-15-13(17)12(14)10-4-6-18-7-5-10;/h9-12,16H,3-8,14H2,1-2H3,(H,15,17);1H. The largest absolute Gasteiger partial charge is 0.391 e. The summed E-state index contributed by atoms with van der Waals surface area (Å²) in [5.74, 6) is 0.216. The molecule has 1 saturated heterocycles. The summed E-state index contributed by atoms with van der Waals surface area (Å²) < 4.78 is 5.25. The van der Waals surface area contributed by atoms with Crippen LogP contribution in [-0.2, 0) is 9.53 Å². The van der Waals surface area contributed by atoms with Crippen LogP contribution in [0.1, 0.15) is 33.1 Å². The molecule has 0 aromatic heterocycles. The lowest BCUT2D eigenvalue weighted by Crippen LogP contribution is -2.49. The zero-order valence-corrected chi connectivity index (χ0v) is 12.6. The predicted octanol–water partition coefficient (Wildman–Crippen LogP) is 0.685. The second kappa shape index (κ2) is 9.53. The molecule has 19 heavy (non-hydrogen) atoms. The average Bonchev–Trinajstić information content (AvgIpc) is 2.43. The Labute approximate surface area is 121 Å². The minimum Gasteiger partial charge on any atom is -0.391 e. The van der Waals surface area contributed by atoms with Crippen molar-refractivity contribution in [3.63, 3.8) is 0 Å². The Hall–Kier alpha value is -0.360. The number of hydrogen-bond donors (Lipinski definition) is 3. The molecule has 3 atom stereocenters. The molecule has 0 aromatic carbocycles. The third kappa shape index (κ3) is 6.08. The molecule has 1 aliphatic heterocycles. The molecule has 0 spiro atoms. The maximum Gasteiger partial charge on any atom is 0.237 e. The zero-order chi connectivity index (χ0) is 13.5. The number of hydrogen-bond acceptors (Lipinski definition) is 4. The fourth-order valence-corrected chi connectivity index (χ4v) is 2.09. The number of halogens is 1. The normalized spacial score (nSPS) is 21.1. The number of aliphatic hydroxyl groups excluding tert-OH is 1. The van der Waals surface area contributed by atoms with Crippen molar-refractivity contribution in [3.05, 3.63) is 0 Å². The molecular formula is C13H27ClN2O3. The van der Waals surface area contributed by atoms with Crippen LogP contribution >= 0.6 is 12.4 Å². The SMILES string of the molecule is CCC(C)C(O)CNC(=O)C(N)C1CCOCC1.Cl. The predicted molar refractivity (Wildman–Crippen MR) is 77.2 cm³/mol. The van der Waals surface area contributed by atoms with Crippen LogP contribution in [0.4, 0.5) is 0 Å². The summed E-state index contributed by atoms with van der Waals surface area (Å²) in [6.07, 6.45) is 2.06. The second-order valence-electron chi connectivity index (χ2n) is 5.17. The fraction of sp³-hybridized carbons (Fsp3) is 0.923. The van der Waals surface area contributed by atoms with Gasteiger partial charge in [-0.15, -0.1) is 12.4 Å². The Balaban J connectivity index is 0.00000324. The van der Waals surface area contributed by atoms with Gasteiger partial charge in [0, 0.05) is 19.8 Å². The highest BCUT2D eigenvalue weighted by molar-refractivity contribution is 5.85. The summed E-state index contributed by atoms with van der Waals surface area (Å²) in [5.41, 5.74) is 5.94. The fourth-order valence-electron chi connectivity index (χ4n) is 2.09. The molecule has 1 heterocycles. The molecule has 0 aromatic rings. The van der Waals surface area contributed by atoms with E-state index in [1.807, 2.05) is 13.8 Å². The van der Waals surface area contributed by atoms with E-state index >= 15 is 0 Å². The summed E-state index contributed by atoms with van der Waals surface area (Å²) in [6.45, 7) is 5.63. The highest BCUT2D eigenvalue weighted by Gasteiger charge is 2.26. The van der Waals surface area contributed by atoms with Gasteiger partial charge in [0.15, 0.2) is 0 Å². The summed E-state index contributed by atoms with van der Waals surface area (Å²) in [6, 6.07) is -0.488. The molecule has 1 aliphatic rings. The van der Waals surface area contributed by atoms with Gasteiger partial charge in [-0.2, -0.15) is 0 Å². The molecule has 3 unspecified atom stereocenters. The van der Waals surface area contributed by atoms with Crippen LogP contribution in [0.25, 0.3) is 0 Å². The van der Waals surface area contributed by atoms with Crippen molar-refractivity contribution < 1.29 is 14.6 Å². The van der Waals surface area contributed by atoms with Crippen molar-refractivity contribution in [1.82, 2.24) is 5.32 Å². The Morgan fingerprint density at radius 1 is 1.47 bits per heavy atom. The molecule has 114 valence electrons. The van der Waals surface area contributed by atoms with E-state index in [0.717, 1.165) is 19.3 Å². The van der Waals surface area contributed by atoms with Crippen LogP contribution in [0.5, 0.6) is 0 Å². The topological polar surface area (TPSA) is 84.6 Å². The lowest BCUT2D eigenvalue weighted by molar-refractivity contribution is -0.125. The zero-order valence-electron chi connectivity index (χ0n) is 11.8. The Bertz CT molecular complexity index is 260. The third-order valence-corrected chi connectivity index (χ3v) is 3.86. The van der Waals surface area contributed by atoms with Crippen molar-refractivity contribution >= 4 is 18.3 Å². The smallest absolute Gasteiger partial charge is 0.237 e. The molecule has 0 aliphatic carbocycles. The summed E-state index contributed by atoms with van der Waals surface area (Å²) >= 11 is 0. The van der Waals surface area contributed by atoms with Crippen molar-refractivity contribution in [3.8, 4) is 0 Å². The Morgan fingerprint density at radius 2 is 2.05 bits per heavy atom. The van der Waals surface area contributed by atoms with E-state index in [4.69, 9.17) is 10.5 Å². The number of carbonyl (C=O) groups is 1. The van der Waals surface area contributed by atoms with E-state index in [2.05, 4.69) is 5.32 Å². The molecule has 0 saturated carbocycles. The number of nitrogens with two attached hydrogens (primary N) is 1. The maximum atomic E-state index is 11.9. The maximum absolute atomic E-state index is 11.9. The van der Waals surface area contributed by atoms with Gasteiger partial charge in [-0.25, -0.2) is 0 Å². The van der Waals surface area contributed by atoms with Crippen LogP contribution in [0.3, 0.4) is 0 Å². The van der Waals surface area contributed by atoms with Crippen molar-refractivity contribution in [2.75, 3.05) is 19.8 Å². The van der Waals surface area contributed by atoms with Gasteiger partial charge in [-0.3, -0.25) is 4.79 Å². The van der Waals surface area contributed by atoms with E-state index in [0.29, 0.717) is 13.2 Å². The minimum atomic E-state index is -0.499. The van der Waals surface area contributed by atoms with Gasteiger partial charge in [-0.05, 0) is 24.7 Å². The summed E-state index contributed by atoms with van der Waals surface area (Å²) in [5, 5.41) is 12.5. The molecule has 6 heteroatoms. The Morgan fingerprint density at radius 3 is 2.58 bits per heavy atom. The van der Waals surface area contributed by atoms with Gasteiger partial charge in [0.1, 0.15) is 0 Å². The average molecular weight is 295 g/mol. The van der Waals surface area contributed by atoms with Gasteiger partial charge in [0.25, 0.3) is 0 Å². The quantitative estimate of drug-likeness (QED) is 0.673. The van der Waals surface area contributed by atoms with Gasteiger partial charge in [0.2, 0.25) is 5.91 Å². The lowest BCUT2D eigenvalue weighted by Gasteiger charge is -2.27. The van der Waals surface area contributed by atoms with Crippen LogP contribution < -0.4 is 11.1 Å². The van der Waals surface area contributed by atoms with Crippen LogP contribution in [0, 0.1) is 11.8 Å². The van der Waals surface area contributed by atoms with Crippen molar-refractivity contribution in [2.24, 2.45) is 17.6 Å². The molecule has 1 rings (SSSR count). The van der Waals surface area contributed by atoms with E-state index in [-0.39, 0.29) is 36.7 Å². The summed E-state index contributed by atoms with van der Waals surface area (Å²) in [4.78, 5) is 11.9. The molecule has 4 N–H and O–H groups in total. The third-order valence-electron chi connectivity index (χ3n) is 3.86. The molecule has 1 amide bonds. The first kappa shape index (κ1) is 18.6. The first-order valence-corrected chi connectivity index (χ1v) is 6.85. The van der Waals surface area contributed by atoms with E-state index in [1.54, 1.807) is 0 Å². The van der Waals surface area contributed by atoms with Gasteiger partial charge in [0.05, 0.1) is 12.1 Å². The highest BCUT2D eigenvalue weighted by atomic mass is 35.5. The Kier molecular flexibility index (Phi) is 9.35. The highest BCUT2D eigenvalue weighted by Crippen LogP contribution is 2.17. The molecule has 5 nitrogen and oxygen atoms in total. The number of aliphatic hydroxyl groups is 1. The van der Waals surface area contributed by atoms with E-state index in [9.17, 15) is 9.90 Å². The van der Waals surface area contributed by atoms with Crippen LogP contribution in [0.2, 0.25) is 0 Å².